The maximum Gasteiger partial charge on any atom is 0.279 e. The number of thiazole rings is 1. The monoisotopic (exact) mass is 471 g/mol. The fourth-order valence-electron chi connectivity index (χ4n) is 4.00. The van der Waals surface area contributed by atoms with Gasteiger partial charge in [-0.15, -0.1) is 12.4 Å². The average Bonchev–Trinajstić information content (AvgIpc) is 3.28. The number of aromatic nitrogens is 1. The Labute approximate surface area is 198 Å². The Kier molecular flexibility index (Phi) is 6.98. The lowest BCUT2D eigenvalue weighted by Crippen LogP contribution is -2.46. The third-order valence-electron chi connectivity index (χ3n) is 5.84. The number of rotatable bonds is 4. The zero-order chi connectivity index (χ0) is 21.2. The average molecular weight is 472 g/mol. The second kappa shape index (κ2) is 9.90. The molecule has 0 saturated carbocycles. The third-order valence-corrected chi connectivity index (χ3v) is 6.70. The maximum atomic E-state index is 12.7. The summed E-state index contributed by atoms with van der Waals surface area (Å²) in [5, 5.41) is 0.483. The first-order valence-corrected chi connectivity index (χ1v) is 11.4. The van der Waals surface area contributed by atoms with Crippen LogP contribution in [-0.2, 0) is 6.42 Å². The SMILES string of the molecule is CN1CCN(C(=O)c2cnc(Oc3ccc4c(c3)CCC(c3ccccc3)O4)s2)CC1.Cl. The van der Waals surface area contributed by atoms with Gasteiger partial charge in [-0.3, -0.25) is 4.79 Å². The van der Waals surface area contributed by atoms with Gasteiger partial charge in [-0.05, 0) is 49.2 Å². The molecule has 2 aliphatic heterocycles. The number of ether oxygens (including phenoxy) is 2. The van der Waals surface area contributed by atoms with Gasteiger partial charge >= 0.3 is 0 Å². The first kappa shape index (κ1) is 22.6. The van der Waals surface area contributed by atoms with E-state index in [4.69, 9.17) is 9.47 Å². The highest BCUT2D eigenvalue weighted by atomic mass is 35.5. The van der Waals surface area contributed by atoms with Gasteiger partial charge in [0.25, 0.3) is 11.1 Å². The molecule has 1 saturated heterocycles. The van der Waals surface area contributed by atoms with Crippen molar-refractivity contribution in [3.05, 3.63) is 70.7 Å². The van der Waals surface area contributed by atoms with Crippen molar-refractivity contribution in [1.82, 2.24) is 14.8 Å². The molecular formula is C24H26ClN3O3S. The van der Waals surface area contributed by atoms with Crippen molar-refractivity contribution in [2.45, 2.75) is 18.9 Å². The highest BCUT2D eigenvalue weighted by Crippen LogP contribution is 2.38. The minimum Gasteiger partial charge on any atom is -0.485 e. The van der Waals surface area contributed by atoms with Crippen LogP contribution in [0.1, 0.15) is 33.3 Å². The second-order valence-electron chi connectivity index (χ2n) is 8.01. The van der Waals surface area contributed by atoms with Gasteiger partial charge in [0.2, 0.25) is 0 Å². The molecule has 0 radical (unpaired) electrons. The number of hydrogen-bond donors (Lipinski definition) is 0. The first-order chi connectivity index (χ1) is 15.2. The lowest BCUT2D eigenvalue weighted by molar-refractivity contribution is 0.0668. The highest BCUT2D eigenvalue weighted by molar-refractivity contribution is 7.15. The predicted molar refractivity (Wildman–Crippen MR) is 127 cm³/mol. The van der Waals surface area contributed by atoms with Crippen LogP contribution in [0.2, 0.25) is 0 Å². The molecule has 2 aliphatic rings. The normalized spacial score (nSPS) is 18.3. The van der Waals surface area contributed by atoms with Crippen LogP contribution in [0.4, 0.5) is 0 Å². The van der Waals surface area contributed by atoms with E-state index in [1.54, 1.807) is 6.20 Å². The molecule has 1 unspecified atom stereocenters. The Bertz CT molecular complexity index is 1070. The van der Waals surface area contributed by atoms with Crippen molar-refractivity contribution in [3.63, 3.8) is 0 Å². The number of likely N-dealkylation sites (N-methyl/N-ethyl adjacent to an activating group) is 1. The van der Waals surface area contributed by atoms with Crippen LogP contribution in [0.25, 0.3) is 0 Å². The number of aryl methyl sites for hydroxylation is 1. The molecule has 1 aromatic heterocycles. The van der Waals surface area contributed by atoms with Gasteiger partial charge in [-0.2, -0.15) is 0 Å². The number of nitrogens with zero attached hydrogens (tertiary/aromatic N) is 3. The summed E-state index contributed by atoms with van der Waals surface area (Å²) in [5.74, 6) is 1.65. The van der Waals surface area contributed by atoms with Gasteiger partial charge in [0, 0.05) is 26.2 Å². The van der Waals surface area contributed by atoms with Crippen LogP contribution >= 0.6 is 23.7 Å². The lowest BCUT2D eigenvalue weighted by Gasteiger charge is -2.31. The molecule has 3 heterocycles. The minimum absolute atomic E-state index is 0. The molecule has 3 aromatic rings. The molecule has 168 valence electrons. The summed E-state index contributed by atoms with van der Waals surface area (Å²) >= 11 is 1.30. The van der Waals surface area contributed by atoms with Crippen LogP contribution in [0.5, 0.6) is 16.7 Å². The van der Waals surface area contributed by atoms with Gasteiger partial charge in [0.15, 0.2) is 0 Å². The van der Waals surface area contributed by atoms with Crippen LogP contribution < -0.4 is 9.47 Å². The Balaban J connectivity index is 0.00000245. The van der Waals surface area contributed by atoms with Crippen LogP contribution in [0.15, 0.2) is 54.7 Å². The zero-order valence-electron chi connectivity index (χ0n) is 17.9. The molecule has 2 aromatic carbocycles. The van der Waals surface area contributed by atoms with Gasteiger partial charge in [0.05, 0.1) is 6.20 Å². The second-order valence-corrected chi connectivity index (χ2v) is 9.01. The van der Waals surface area contributed by atoms with Gasteiger partial charge in [0.1, 0.15) is 22.5 Å². The lowest BCUT2D eigenvalue weighted by atomic mass is 9.97. The highest BCUT2D eigenvalue weighted by Gasteiger charge is 2.24. The number of fused-ring (bicyclic) bond motifs is 1. The molecule has 1 fully saturated rings. The van der Waals surface area contributed by atoms with E-state index in [-0.39, 0.29) is 24.4 Å². The van der Waals surface area contributed by atoms with Crippen molar-refractivity contribution in [1.29, 1.82) is 0 Å². The molecule has 1 atom stereocenters. The summed E-state index contributed by atoms with van der Waals surface area (Å²) in [5.41, 5.74) is 2.34. The minimum atomic E-state index is 0. The summed E-state index contributed by atoms with van der Waals surface area (Å²) in [4.78, 5) is 21.8. The van der Waals surface area contributed by atoms with E-state index in [1.807, 2.05) is 41.3 Å². The van der Waals surface area contributed by atoms with Crippen molar-refractivity contribution in [2.24, 2.45) is 0 Å². The summed E-state index contributed by atoms with van der Waals surface area (Å²) in [6.07, 6.45) is 3.56. The van der Waals surface area contributed by atoms with E-state index < -0.39 is 0 Å². The molecule has 32 heavy (non-hydrogen) atoms. The molecule has 1 amide bonds. The number of piperazine rings is 1. The fourth-order valence-corrected chi connectivity index (χ4v) is 4.75. The van der Waals surface area contributed by atoms with Crippen molar-refractivity contribution in [3.8, 4) is 16.7 Å². The molecular weight excluding hydrogens is 446 g/mol. The molecule has 8 heteroatoms. The quantitative estimate of drug-likeness (QED) is 0.546. The van der Waals surface area contributed by atoms with Gasteiger partial charge < -0.3 is 19.3 Å². The van der Waals surface area contributed by atoms with Crippen LogP contribution in [0.3, 0.4) is 0 Å². The van der Waals surface area contributed by atoms with Crippen molar-refractivity contribution in [2.75, 3.05) is 33.2 Å². The standard InChI is InChI=1S/C24H25N3O3S.ClH/c1-26-11-13-27(14-12-26)23(28)22-16-25-24(31-22)29-19-8-10-21-18(15-19)7-9-20(30-21)17-5-3-2-4-6-17;/h2-6,8,10,15-16,20H,7,9,11-14H2,1H3;1H. The van der Waals surface area contributed by atoms with Crippen LogP contribution in [-0.4, -0.2) is 53.9 Å². The number of carbonyl (C=O) groups excluding carboxylic acids is 1. The van der Waals surface area contributed by atoms with Crippen molar-refractivity contribution < 1.29 is 14.3 Å². The first-order valence-electron chi connectivity index (χ1n) is 10.6. The molecule has 0 spiro atoms. The Hall–Kier alpha value is -2.61. The largest absolute Gasteiger partial charge is 0.485 e. The summed E-state index contributed by atoms with van der Waals surface area (Å²) in [7, 11) is 2.08. The Morgan fingerprint density at radius 2 is 1.91 bits per heavy atom. The van der Waals surface area contributed by atoms with Crippen molar-refractivity contribution >= 4 is 29.7 Å². The number of benzene rings is 2. The van der Waals surface area contributed by atoms with E-state index in [9.17, 15) is 4.79 Å². The van der Waals surface area contributed by atoms with E-state index in [0.717, 1.165) is 50.3 Å². The Morgan fingerprint density at radius 1 is 1.12 bits per heavy atom. The number of carbonyl (C=O) groups is 1. The summed E-state index contributed by atoms with van der Waals surface area (Å²) in [6, 6.07) is 16.2. The smallest absolute Gasteiger partial charge is 0.279 e. The zero-order valence-corrected chi connectivity index (χ0v) is 19.5. The Morgan fingerprint density at radius 3 is 2.69 bits per heavy atom. The molecule has 0 bridgehead atoms. The number of hydrogen-bond acceptors (Lipinski definition) is 6. The predicted octanol–water partition coefficient (Wildman–Crippen LogP) is 4.81. The van der Waals surface area contributed by atoms with E-state index in [0.29, 0.717) is 15.8 Å². The van der Waals surface area contributed by atoms with E-state index in [1.165, 1.54) is 16.9 Å². The molecule has 6 nitrogen and oxygen atoms in total. The number of amides is 1. The number of halogens is 1. The summed E-state index contributed by atoms with van der Waals surface area (Å²) < 4.78 is 12.2. The van der Waals surface area contributed by atoms with E-state index in [2.05, 4.69) is 29.1 Å². The van der Waals surface area contributed by atoms with Crippen LogP contribution in [0, 0.1) is 0 Å². The summed E-state index contributed by atoms with van der Waals surface area (Å²) in [6.45, 7) is 3.29. The van der Waals surface area contributed by atoms with Gasteiger partial charge in [-0.25, -0.2) is 4.98 Å². The maximum absolute atomic E-state index is 12.7. The molecule has 0 N–H and O–H groups in total. The fraction of sp³-hybridized carbons (Fsp3) is 0.333. The topological polar surface area (TPSA) is 54.9 Å². The third kappa shape index (κ3) is 4.90. The molecule has 0 aliphatic carbocycles. The molecule has 5 rings (SSSR count). The van der Waals surface area contributed by atoms with Gasteiger partial charge in [-0.1, -0.05) is 41.7 Å². The van der Waals surface area contributed by atoms with E-state index >= 15 is 0 Å².